The van der Waals surface area contributed by atoms with Crippen LogP contribution in [0.3, 0.4) is 0 Å². The van der Waals surface area contributed by atoms with Crippen molar-refractivity contribution in [2.24, 2.45) is 0 Å². The van der Waals surface area contributed by atoms with Crippen molar-refractivity contribution >= 4 is 22.9 Å². The number of aromatic nitrogens is 3. The monoisotopic (exact) mass is 436 g/mol. The highest BCUT2D eigenvalue weighted by Crippen LogP contribution is 2.33. The Bertz CT molecular complexity index is 1110. The van der Waals surface area contributed by atoms with Gasteiger partial charge in [0.15, 0.2) is 12.4 Å². The number of carbonyl (C=O) groups is 2. The number of carbonyl (C=O) groups excluding carboxylic acids is 1. The van der Waals surface area contributed by atoms with E-state index < -0.39 is 12.1 Å². The van der Waals surface area contributed by atoms with Gasteiger partial charge in [0.05, 0.1) is 17.1 Å². The summed E-state index contributed by atoms with van der Waals surface area (Å²) in [5.41, 5.74) is 3.46. The summed E-state index contributed by atoms with van der Waals surface area (Å²) in [6.45, 7) is 2.70. The first kappa shape index (κ1) is 22.1. The Morgan fingerprint density at radius 3 is 2.61 bits per heavy atom. The van der Waals surface area contributed by atoms with Gasteiger partial charge in [-0.15, -0.1) is 0 Å². The largest absolute Gasteiger partial charge is 0.619 e. The summed E-state index contributed by atoms with van der Waals surface area (Å²) in [7, 11) is 0. The van der Waals surface area contributed by atoms with E-state index in [1.165, 1.54) is 12.4 Å². The molecule has 11 heteroatoms. The fourth-order valence-corrected chi connectivity index (χ4v) is 3.39. The van der Waals surface area contributed by atoms with E-state index >= 15 is 0 Å². The number of halogens is 3. The van der Waals surface area contributed by atoms with Gasteiger partial charge in [0, 0.05) is 12.6 Å². The Morgan fingerprint density at radius 2 is 2.00 bits per heavy atom. The number of likely N-dealkylation sites (tertiary alicyclic amines) is 1. The number of nitrogens with one attached hydrogen (secondary N) is 1. The number of nitrogens with zero attached hydrogens (tertiary/aromatic N) is 3. The molecule has 164 valence electrons. The molecule has 3 aromatic rings. The smallest absolute Gasteiger partial charge is 0.490 e. The summed E-state index contributed by atoms with van der Waals surface area (Å²) in [6, 6.07) is 9.21. The maximum Gasteiger partial charge on any atom is 0.490 e. The van der Waals surface area contributed by atoms with E-state index in [1.807, 2.05) is 30.0 Å². The molecular weight excluding hydrogens is 417 g/mol. The quantitative estimate of drug-likeness (QED) is 0.473. The third-order valence-electron chi connectivity index (χ3n) is 4.83. The molecule has 1 unspecified atom stereocenters. The number of rotatable bonds is 2. The topological polar surface area (TPSA) is 113 Å². The van der Waals surface area contributed by atoms with Gasteiger partial charge in [0.2, 0.25) is 0 Å². The standard InChI is InChI=1S/C18H18N4O2.C2HF3O2/c1-12-5-2-7-14-16(12)20-17(19-14)15-8-4-10-22(15)18(23)13-6-3-9-21(24)11-13;3-2(4,5)1(6)7/h2-3,5-7,9,11,15H,4,8,10H2,1H3,(H,19,20);(H,6,7). The molecule has 0 spiro atoms. The number of H-pyrrole nitrogens is 1. The van der Waals surface area contributed by atoms with E-state index in [0.717, 1.165) is 35.3 Å². The number of amides is 1. The summed E-state index contributed by atoms with van der Waals surface area (Å²) in [5, 5.41) is 18.6. The maximum absolute atomic E-state index is 12.8. The second-order valence-corrected chi connectivity index (χ2v) is 7.01. The van der Waals surface area contributed by atoms with Crippen LogP contribution in [0.2, 0.25) is 0 Å². The molecule has 2 N–H and O–H groups in total. The van der Waals surface area contributed by atoms with Crippen molar-refractivity contribution in [1.82, 2.24) is 14.9 Å². The maximum atomic E-state index is 12.8. The normalized spacial score (nSPS) is 16.1. The summed E-state index contributed by atoms with van der Waals surface area (Å²) in [5.74, 6) is -2.07. The van der Waals surface area contributed by atoms with Gasteiger partial charge in [0.1, 0.15) is 11.4 Å². The molecule has 2 aromatic heterocycles. The number of hydrogen-bond donors (Lipinski definition) is 2. The number of aryl methyl sites for hydroxylation is 1. The number of aliphatic carboxylic acids is 1. The number of pyridine rings is 1. The Balaban J connectivity index is 0.000000339. The molecule has 0 aliphatic carbocycles. The van der Waals surface area contributed by atoms with Crippen molar-refractivity contribution in [2.75, 3.05) is 6.54 Å². The average Bonchev–Trinajstić information content (AvgIpc) is 3.34. The lowest BCUT2D eigenvalue weighted by Gasteiger charge is -2.22. The molecule has 1 aromatic carbocycles. The van der Waals surface area contributed by atoms with E-state index in [-0.39, 0.29) is 11.9 Å². The fraction of sp³-hybridized carbons (Fsp3) is 0.300. The predicted molar refractivity (Wildman–Crippen MR) is 103 cm³/mol. The third kappa shape index (κ3) is 4.93. The Labute approximate surface area is 174 Å². The molecule has 1 aliphatic rings. The van der Waals surface area contributed by atoms with E-state index in [0.29, 0.717) is 16.8 Å². The summed E-state index contributed by atoms with van der Waals surface area (Å²) >= 11 is 0. The van der Waals surface area contributed by atoms with Crippen LogP contribution in [0, 0.1) is 12.1 Å². The first-order chi connectivity index (χ1) is 14.6. The highest BCUT2D eigenvalue weighted by atomic mass is 19.4. The zero-order valence-electron chi connectivity index (χ0n) is 16.4. The Morgan fingerprint density at radius 1 is 1.29 bits per heavy atom. The van der Waals surface area contributed by atoms with Crippen LogP contribution in [-0.2, 0) is 4.79 Å². The van der Waals surface area contributed by atoms with Gasteiger partial charge in [-0.2, -0.15) is 17.9 Å². The van der Waals surface area contributed by atoms with E-state index in [4.69, 9.17) is 14.9 Å². The number of aromatic amines is 1. The summed E-state index contributed by atoms with van der Waals surface area (Å²) in [6.07, 6.45) is -0.591. The summed E-state index contributed by atoms with van der Waals surface area (Å²) in [4.78, 5) is 31.6. The number of imidazole rings is 1. The number of carboxylic acids is 1. The SMILES string of the molecule is Cc1cccc2[nH]c(C3CCCN3C(=O)c3ccc[n+]([O-])c3)nc12.O=C(O)C(F)(F)F. The van der Waals surface area contributed by atoms with Gasteiger partial charge >= 0.3 is 12.1 Å². The van der Waals surface area contributed by atoms with Crippen LogP contribution in [0.4, 0.5) is 13.2 Å². The zero-order valence-corrected chi connectivity index (χ0v) is 16.4. The zero-order chi connectivity index (χ0) is 22.8. The van der Waals surface area contributed by atoms with Crippen LogP contribution >= 0.6 is 0 Å². The minimum absolute atomic E-state index is 0.0791. The number of para-hydroxylation sites is 1. The minimum Gasteiger partial charge on any atom is -0.619 e. The molecule has 3 heterocycles. The molecule has 1 amide bonds. The molecule has 1 fully saturated rings. The molecule has 1 atom stereocenters. The highest BCUT2D eigenvalue weighted by Gasteiger charge is 2.38. The molecule has 0 bridgehead atoms. The number of carboxylic acid groups (broad SMARTS) is 1. The number of fused-ring (bicyclic) bond motifs is 1. The Hall–Kier alpha value is -3.63. The molecule has 8 nitrogen and oxygen atoms in total. The lowest BCUT2D eigenvalue weighted by molar-refractivity contribution is -0.605. The third-order valence-corrected chi connectivity index (χ3v) is 4.83. The van der Waals surface area contributed by atoms with Crippen molar-refractivity contribution in [3.8, 4) is 0 Å². The highest BCUT2D eigenvalue weighted by molar-refractivity contribution is 5.94. The van der Waals surface area contributed by atoms with E-state index in [1.54, 1.807) is 12.1 Å². The minimum atomic E-state index is -5.08. The van der Waals surface area contributed by atoms with Crippen molar-refractivity contribution in [2.45, 2.75) is 32.0 Å². The van der Waals surface area contributed by atoms with Crippen molar-refractivity contribution in [3.05, 3.63) is 64.9 Å². The Kier molecular flexibility index (Phi) is 6.14. The van der Waals surface area contributed by atoms with Crippen LogP contribution in [0.15, 0.2) is 42.7 Å². The second kappa shape index (κ2) is 8.62. The number of hydrogen-bond acceptors (Lipinski definition) is 4. The van der Waals surface area contributed by atoms with Crippen LogP contribution in [0.25, 0.3) is 11.0 Å². The van der Waals surface area contributed by atoms with Crippen molar-refractivity contribution in [3.63, 3.8) is 0 Å². The predicted octanol–water partition coefficient (Wildman–Crippen LogP) is 3.12. The number of benzene rings is 1. The van der Waals surface area contributed by atoms with Crippen molar-refractivity contribution in [1.29, 1.82) is 0 Å². The average molecular weight is 436 g/mol. The molecule has 1 aliphatic heterocycles. The molecule has 1 saturated heterocycles. The van der Waals surface area contributed by atoms with Gasteiger partial charge in [-0.1, -0.05) is 12.1 Å². The lowest BCUT2D eigenvalue weighted by atomic mass is 10.2. The molecule has 4 rings (SSSR count). The van der Waals surface area contributed by atoms with Crippen LogP contribution in [-0.4, -0.2) is 44.6 Å². The molecular formula is C20H19F3N4O4. The van der Waals surface area contributed by atoms with Gasteiger partial charge in [-0.25, -0.2) is 9.78 Å². The van der Waals surface area contributed by atoms with Crippen molar-refractivity contribution < 1.29 is 32.6 Å². The second-order valence-electron chi connectivity index (χ2n) is 7.01. The van der Waals surface area contributed by atoms with E-state index in [2.05, 4.69) is 4.98 Å². The lowest BCUT2D eigenvalue weighted by Crippen LogP contribution is -2.34. The van der Waals surface area contributed by atoms with Gasteiger partial charge in [-0.3, -0.25) is 4.79 Å². The van der Waals surface area contributed by atoms with Gasteiger partial charge < -0.3 is 20.2 Å². The van der Waals surface area contributed by atoms with Crippen LogP contribution in [0.5, 0.6) is 0 Å². The fourth-order valence-electron chi connectivity index (χ4n) is 3.39. The summed E-state index contributed by atoms with van der Waals surface area (Å²) < 4.78 is 32.4. The van der Waals surface area contributed by atoms with Crippen LogP contribution < -0.4 is 4.73 Å². The molecule has 0 saturated carbocycles. The van der Waals surface area contributed by atoms with E-state index in [9.17, 15) is 23.2 Å². The first-order valence-electron chi connectivity index (χ1n) is 9.33. The van der Waals surface area contributed by atoms with Gasteiger partial charge in [0.25, 0.3) is 5.91 Å². The first-order valence-corrected chi connectivity index (χ1v) is 9.33. The molecule has 0 radical (unpaired) electrons. The molecule has 31 heavy (non-hydrogen) atoms. The number of alkyl halides is 3. The van der Waals surface area contributed by atoms with Crippen LogP contribution in [0.1, 0.15) is 40.6 Å². The van der Waals surface area contributed by atoms with Gasteiger partial charge in [-0.05, 0) is 37.5 Å².